The molecule has 11 heavy (non-hydrogen) atoms. The Morgan fingerprint density at radius 1 is 1.55 bits per heavy atom. The van der Waals surface area contributed by atoms with E-state index < -0.39 is 0 Å². The van der Waals surface area contributed by atoms with Gasteiger partial charge in [0, 0.05) is 19.1 Å². The summed E-state index contributed by atoms with van der Waals surface area (Å²) in [5, 5.41) is 9.20. The highest BCUT2D eigenvalue weighted by Crippen LogP contribution is 2.37. The SMILES string of the molecule is CC(O)CN1CC2CCC1C2. The fourth-order valence-corrected chi connectivity index (χ4v) is 2.59. The van der Waals surface area contributed by atoms with E-state index in [-0.39, 0.29) is 6.10 Å². The zero-order valence-corrected chi connectivity index (χ0v) is 7.16. The number of likely N-dealkylation sites (tertiary alicyclic amines) is 1. The van der Waals surface area contributed by atoms with Crippen LogP contribution in [0, 0.1) is 5.92 Å². The first-order valence-corrected chi connectivity index (χ1v) is 4.68. The minimum absolute atomic E-state index is 0.144. The van der Waals surface area contributed by atoms with E-state index in [1.807, 2.05) is 6.92 Å². The smallest absolute Gasteiger partial charge is 0.0639 e. The summed E-state index contributed by atoms with van der Waals surface area (Å²) >= 11 is 0. The second kappa shape index (κ2) is 2.76. The van der Waals surface area contributed by atoms with Gasteiger partial charge in [-0.3, -0.25) is 4.90 Å². The molecule has 2 heteroatoms. The number of β-amino-alcohol motifs (C(OH)–C–C–N with tert-alkyl or cyclic N) is 1. The Labute approximate surface area is 68.2 Å². The molecular weight excluding hydrogens is 138 g/mol. The van der Waals surface area contributed by atoms with Gasteiger partial charge in [-0.2, -0.15) is 0 Å². The van der Waals surface area contributed by atoms with Gasteiger partial charge in [0.05, 0.1) is 6.10 Å². The van der Waals surface area contributed by atoms with Crippen LogP contribution < -0.4 is 0 Å². The number of aliphatic hydroxyl groups excluding tert-OH is 1. The molecule has 1 N–H and O–H groups in total. The molecule has 2 aliphatic rings. The van der Waals surface area contributed by atoms with Crippen LogP contribution in [0.25, 0.3) is 0 Å². The zero-order chi connectivity index (χ0) is 7.84. The van der Waals surface area contributed by atoms with E-state index in [0.29, 0.717) is 0 Å². The third-order valence-corrected chi connectivity index (χ3v) is 3.02. The molecule has 0 radical (unpaired) electrons. The van der Waals surface area contributed by atoms with Crippen LogP contribution in [0.4, 0.5) is 0 Å². The van der Waals surface area contributed by atoms with Crippen molar-refractivity contribution in [3.8, 4) is 0 Å². The van der Waals surface area contributed by atoms with Crippen LogP contribution in [0.2, 0.25) is 0 Å². The molecule has 0 aromatic carbocycles. The summed E-state index contributed by atoms with van der Waals surface area (Å²) in [6.45, 7) is 4.02. The third-order valence-electron chi connectivity index (χ3n) is 3.02. The molecule has 3 atom stereocenters. The lowest BCUT2D eigenvalue weighted by molar-refractivity contribution is 0.107. The van der Waals surface area contributed by atoms with Gasteiger partial charge >= 0.3 is 0 Å². The van der Waals surface area contributed by atoms with Crippen LogP contribution in [0.15, 0.2) is 0 Å². The molecular formula is C9H17NO. The Balaban J connectivity index is 1.87. The van der Waals surface area contributed by atoms with E-state index >= 15 is 0 Å². The minimum atomic E-state index is -0.144. The standard InChI is InChI=1S/C9H17NO/c1-7(11)5-10-6-8-2-3-9(10)4-8/h7-9,11H,2-6H2,1H3. The monoisotopic (exact) mass is 155 g/mol. The molecule has 0 aromatic rings. The highest BCUT2D eigenvalue weighted by molar-refractivity contribution is 4.92. The number of hydrogen-bond donors (Lipinski definition) is 1. The van der Waals surface area contributed by atoms with E-state index in [1.165, 1.54) is 25.8 Å². The maximum Gasteiger partial charge on any atom is 0.0639 e. The van der Waals surface area contributed by atoms with Gasteiger partial charge in [0.15, 0.2) is 0 Å². The average molecular weight is 155 g/mol. The molecule has 1 aliphatic heterocycles. The van der Waals surface area contributed by atoms with Gasteiger partial charge in [-0.15, -0.1) is 0 Å². The highest BCUT2D eigenvalue weighted by atomic mass is 16.3. The van der Waals surface area contributed by atoms with Crippen molar-refractivity contribution in [1.29, 1.82) is 0 Å². The van der Waals surface area contributed by atoms with Crippen molar-refractivity contribution in [2.75, 3.05) is 13.1 Å². The van der Waals surface area contributed by atoms with Gasteiger partial charge in [-0.25, -0.2) is 0 Å². The average Bonchev–Trinajstić information content (AvgIpc) is 2.45. The topological polar surface area (TPSA) is 23.5 Å². The Bertz CT molecular complexity index is 146. The Kier molecular flexibility index (Phi) is 1.90. The van der Waals surface area contributed by atoms with E-state index in [1.54, 1.807) is 0 Å². The summed E-state index contributed by atoms with van der Waals surface area (Å²) in [5.41, 5.74) is 0. The molecule has 2 rings (SSSR count). The van der Waals surface area contributed by atoms with E-state index in [2.05, 4.69) is 4.90 Å². The number of aliphatic hydroxyl groups is 1. The van der Waals surface area contributed by atoms with Crippen LogP contribution in [-0.2, 0) is 0 Å². The number of rotatable bonds is 2. The van der Waals surface area contributed by atoms with Crippen molar-refractivity contribution in [2.45, 2.75) is 38.3 Å². The molecule has 2 fully saturated rings. The van der Waals surface area contributed by atoms with Crippen LogP contribution >= 0.6 is 0 Å². The largest absolute Gasteiger partial charge is 0.392 e. The van der Waals surface area contributed by atoms with Gasteiger partial charge < -0.3 is 5.11 Å². The first-order chi connectivity index (χ1) is 5.25. The van der Waals surface area contributed by atoms with E-state index in [9.17, 15) is 5.11 Å². The lowest BCUT2D eigenvalue weighted by atomic mass is 10.1. The summed E-state index contributed by atoms with van der Waals surface area (Å²) in [4.78, 5) is 2.46. The molecule has 64 valence electrons. The number of hydrogen-bond acceptors (Lipinski definition) is 2. The normalized spacial score (nSPS) is 39.8. The fraction of sp³-hybridized carbons (Fsp3) is 1.00. The summed E-state index contributed by atoms with van der Waals surface area (Å²) < 4.78 is 0. The molecule has 2 nitrogen and oxygen atoms in total. The van der Waals surface area contributed by atoms with Gasteiger partial charge in [0.2, 0.25) is 0 Å². The number of nitrogens with zero attached hydrogens (tertiary/aromatic N) is 1. The Morgan fingerprint density at radius 3 is 2.82 bits per heavy atom. The quantitative estimate of drug-likeness (QED) is 0.639. The van der Waals surface area contributed by atoms with Crippen molar-refractivity contribution < 1.29 is 5.11 Å². The van der Waals surface area contributed by atoms with Crippen LogP contribution in [0.1, 0.15) is 26.2 Å². The van der Waals surface area contributed by atoms with Gasteiger partial charge in [-0.1, -0.05) is 0 Å². The first kappa shape index (κ1) is 7.56. The summed E-state index contributed by atoms with van der Waals surface area (Å²) in [6, 6.07) is 0.814. The lowest BCUT2D eigenvalue weighted by Crippen LogP contribution is -2.37. The van der Waals surface area contributed by atoms with Gasteiger partial charge in [-0.05, 0) is 32.1 Å². The second-order valence-electron chi connectivity index (χ2n) is 4.14. The predicted molar refractivity (Wildman–Crippen MR) is 44.4 cm³/mol. The Hall–Kier alpha value is -0.0800. The second-order valence-corrected chi connectivity index (χ2v) is 4.14. The van der Waals surface area contributed by atoms with Crippen molar-refractivity contribution >= 4 is 0 Å². The Morgan fingerprint density at radius 2 is 2.36 bits per heavy atom. The van der Waals surface area contributed by atoms with Crippen molar-refractivity contribution in [2.24, 2.45) is 5.92 Å². The van der Waals surface area contributed by atoms with Crippen molar-refractivity contribution in [3.63, 3.8) is 0 Å². The molecule has 2 bridgehead atoms. The summed E-state index contributed by atoms with van der Waals surface area (Å²) in [6.07, 6.45) is 4.06. The molecule has 0 amide bonds. The third kappa shape index (κ3) is 1.42. The highest BCUT2D eigenvalue weighted by Gasteiger charge is 2.37. The van der Waals surface area contributed by atoms with Gasteiger partial charge in [0.1, 0.15) is 0 Å². The summed E-state index contributed by atoms with van der Waals surface area (Å²) in [5.74, 6) is 0.957. The number of piperidine rings is 1. The van der Waals surface area contributed by atoms with E-state index in [0.717, 1.165) is 18.5 Å². The van der Waals surface area contributed by atoms with Crippen LogP contribution in [0.5, 0.6) is 0 Å². The predicted octanol–water partition coefficient (Wildman–Crippen LogP) is 0.852. The molecule has 0 aromatic heterocycles. The van der Waals surface area contributed by atoms with Crippen molar-refractivity contribution in [3.05, 3.63) is 0 Å². The molecule has 3 unspecified atom stereocenters. The fourth-order valence-electron chi connectivity index (χ4n) is 2.59. The molecule has 0 spiro atoms. The van der Waals surface area contributed by atoms with Gasteiger partial charge in [0.25, 0.3) is 0 Å². The number of fused-ring (bicyclic) bond motifs is 2. The maximum atomic E-state index is 9.20. The maximum absolute atomic E-state index is 9.20. The first-order valence-electron chi connectivity index (χ1n) is 4.68. The van der Waals surface area contributed by atoms with E-state index in [4.69, 9.17) is 0 Å². The molecule has 1 heterocycles. The summed E-state index contributed by atoms with van der Waals surface area (Å²) in [7, 11) is 0. The lowest BCUT2D eigenvalue weighted by Gasteiger charge is -2.27. The van der Waals surface area contributed by atoms with Crippen molar-refractivity contribution in [1.82, 2.24) is 4.90 Å². The molecule has 1 saturated heterocycles. The zero-order valence-electron chi connectivity index (χ0n) is 7.16. The van der Waals surface area contributed by atoms with Crippen LogP contribution in [0.3, 0.4) is 0 Å². The molecule has 1 aliphatic carbocycles. The molecule has 1 saturated carbocycles. The van der Waals surface area contributed by atoms with Crippen LogP contribution in [-0.4, -0.2) is 35.2 Å². The minimum Gasteiger partial charge on any atom is -0.392 e.